The van der Waals surface area contributed by atoms with Gasteiger partial charge in [-0.3, -0.25) is 4.79 Å². The predicted molar refractivity (Wildman–Crippen MR) is 127 cm³/mol. The molecule has 0 aromatic heterocycles. The van der Waals surface area contributed by atoms with Crippen molar-refractivity contribution in [2.45, 2.75) is 31.5 Å². The van der Waals surface area contributed by atoms with E-state index in [4.69, 9.17) is 0 Å². The molecule has 2 atom stereocenters. The van der Waals surface area contributed by atoms with Gasteiger partial charge >= 0.3 is 13.1 Å². The molecular weight excluding hydrogens is 419 g/mol. The molecule has 0 aliphatic carbocycles. The Hall–Kier alpha value is -3.46. The Morgan fingerprint density at radius 3 is 1.73 bits per heavy atom. The first-order valence-electron chi connectivity index (χ1n) is 10.7. The molecule has 0 spiro atoms. The third-order valence-electron chi connectivity index (χ3n) is 5.33. The van der Waals surface area contributed by atoms with Crippen LogP contribution in [0.5, 0.6) is 0 Å². The van der Waals surface area contributed by atoms with Gasteiger partial charge in [0, 0.05) is 13.0 Å². The number of carboxylic acid groups (broad SMARTS) is 1. The second kappa shape index (κ2) is 12.0. The average molecular weight is 446 g/mol. The summed E-state index contributed by atoms with van der Waals surface area (Å²) >= 11 is 0. The zero-order valence-electron chi connectivity index (χ0n) is 18.1. The molecule has 1 amide bonds. The van der Waals surface area contributed by atoms with Crippen LogP contribution < -0.4 is 16.1 Å². The van der Waals surface area contributed by atoms with Crippen LogP contribution in [-0.2, 0) is 29.0 Å². The van der Waals surface area contributed by atoms with E-state index in [2.05, 4.69) is 10.6 Å². The van der Waals surface area contributed by atoms with Gasteiger partial charge in [-0.1, -0.05) is 84.9 Å². The summed E-state index contributed by atoms with van der Waals surface area (Å²) in [6.45, 7) is 0.350. The smallest absolute Gasteiger partial charge is 0.480 e. The van der Waals surface area contributed by atoms with E-state index in [0.717, 1.165) is 16.7 Å². The number of rotatable bonds is 11. The molecule has 5 N–H and O–H groups in total. The molecule has 3 aromatic carbocycles. The molecule has 3 rings (SSSR count). The molecule has 3 aromatic rings. The summed E-state index contributed by atoms with van der Waals surface area (Å²) in [5.74, 6) is -1.49. The Morgan fingerprint density at radius 1 is 0.727 bits per heavy atom. The van der Waals surface area contributed by atoms with E-state index in [9.17, 15) is 24.7 Å². The van der Waals surface area contributed by atoms with Crippen molar-refractivity contribution < 1.29 is 24.7 Å². The SMILES string of the molecule is O=C(O)[C@H](Cc1ccccc1)NC(=O)[C@H](Cc1ccccc1)NCc1ccc(B(O)O)cc1. The molecule has 8 heteroatoms. The molecule has 7 nitrogen and oxygen atoms in total. The Labute approximate surface area is 193 Å². The molecule has 0 saturated carbocycles. The highest BCUT2D eigenvalue weighted by molar-refractivity contribution is 6.58. The van der Waals surface area contributed by atoms with Gasteiger partial charge in [0.25, 0.3) is 0 Å². The number of hydrogen-bond acceptors (Lipinski definition) is 5. The minimum Gasteiger partial charge on any atom is -0.480 e. The fraction of sp³-hybridized carbons (Fsp3) is 0.200. The number of benzene rings is 3. The Morgan fingerprint density at radius 2 is 1.24 bits per heavy atom. The molecule has 0 aliphatic heterocycles. The van der Waals surface area contributed by atoms with Crippen LogP contribution in [0.25, 0.3) is 0 Å². The Kier molecular flexibility index (Phi) is 8.77. The van der Waals surface area contributed by atoms with Gasteiger partial charge in [0.05, 0.1) is 6.04 Å². The van der Waals surface area contributed by atoms with Crippen LogP contribution in [0.15, 0.2) is 84.9 Å². The highest BCUT2D eigenvalue weighted by Gasteiger charge is 2.25. The third kappa shape index (κ3) is 7.57. The molecule has 0 aliphatic rings. The van der Waals surface area contributed by atoms with Crippen molar-refractivity contribution in [2.75, 3.05) is 0 Å². The summed E-state index contributed by atoms with van der Waals surface area (Å²) in [7, 11) is -1.54. The van der Waals surface area contributed by atoms with Crippen LogP contribution in [-0.4, -0.2) is 46.2 Å². The lowest BCUT2D eigenvalue weighted by atomic mass is 9.80. The van der Waals surface area contributed by atoms with Gasteiger partial charge in [-0.2, -0.15) is 0 Å². The standard InChI is InChI=1S/C25H27BN2O5/c29-24(28-23(25(30)31)16-19-9-5-2-6-10-19)22(15-18-7-3-1-4-8-18)27-17-20-11-13-21(14-12-20)26(32)33/h1-14,22-23,27,32-33H,15-17H2,(H,28,29)(H,30,31)/t22-,23-/m0/s1. The van der Waals surface area contributed by atoms with Crippen LogP contribution in [0, 0.1) is 0 Å². The van der Waals surface area contributed by atoms with Gasteiger partial charge in [-0.25, -0.2) is 4.79 Å². The molecule has 0 fully saturated rings. The van der Waals surface area contributed by atoms with Gasteiger partial charge in [0.1, 0.15) is 6.04 Å². The van der Waals surface area contributed by atoms with Crippen LogP contribution >= 0.6 is 0 Å². The average Bonchev–Trinajstić information content (AvgIpc) is 2.82. The molecule has 0 unspecified atom stereocenters. The number of carboxylic acids is 1. The molecule has 33 heavy (non-hydrogen) atoms. The van der Waals surface area contributed by atoms with Crippen LogP contribution in [0.4, 0.5) is 0 Å². The first-order valence-corrected chi connectivity index (χ1v) is 10.7. The highest BCUT2D eigenvalue weighted by atomic mass is 16.4. The first kappa shape index (κ1) is 24.2. The van der Waals surface area contributed by atoms with Crippen molar-refractivity contribution >= 4 is 24.5 Å². The van der Waals surface area contributed by atoms with E-state index < -0.39 is 31.1 Å². The zero-order valence-corrected chi connectivity index (χ0v) is 18.1. The molecule has 0 heterocycles. The van der Waals surface area contributed by atoms with Gasteiger partial charge in [0.2, 0.25) is 5.91 Å². The molecule has 0 saturated heterocycles. The van der Waals surface area contributed by atoms with Gasteiger partial charge in [-0.15, -0.1) is 0 Å². The fourth-order valence-electron chi connectivity index (χ4n) is 3.48. The third-order valence-corrected chi connectivity index (χ3v) is 5.33. The second-order valence-corrected chi connectivity index (χ2v) is 7.83. The van der Waals surface area contributed by atoms with Crippen LogP contribution in [0.3, 0.4) is 0 Å². The van der Waals surface area contributed by atoms with E-state index in [1.807, 2.05) is 60.7 Å². The van der Waals surface area contributed by atoms with Gasteiger partial charge < -0.3 is 25.8 Å². The maximum atomic E-state index is 13.1. The van der Waals surface area contributed by atoms with Crippen molar-refractivity contribution in [1.29, 1.82) is 0 Å². The van der Waals surface area contributed by atoms with E-state index in [0.29, 0.717) is 18.4 Å². The largest absolute Gasteiger partial charge is 0.488 e. The zero-order chi connectivity index (χ0) is 23.6. The molecular formula is C25H27BN2O5. The molecule has 170 valence electrons. The quantitative estimate of drug-likeness (QED) is 0.279. The summed E-state index contributed by atoms with van der Waals surface area (Å²) in [4.78, 5) is 24.9. The van der Waals surface area contributed by atoms with E-state index in [-0.39, 0.29) is 6.42 Å². The number of carbonyl (C=O) groups excluding carboxylic acids is 1. The van der Waals surface area contributed by atoms with Gasteiger partial charge in [0.15, 0.2) is 0 Å². The lowest BCUT2D eigenvalue weighted by molar-refractivity contribution is -0.142. The Balaban J connectivity index is 1.71. The van der Waals surface area contributed by atoms with Crippen molar-refractivity contribution in [1.82, 2.24) is 10.6 Å². The summed E-state index contributed by atoms with van der Waals surface area (Å²) in [5, 5.41) is 34.0. The maximum Gasteiger partial charge on any atom is 0.488 e. The van der Waals surface area contributed by atoms with Crippen LogP contribution in [0.2, 0.25) is 0 Å². The van der Waals surface area contributed by atoms with E-state index >= 15 is 0 Å². The number of amides is 1. The predicted octanol–water partition coefficient (Wildman–Crippen LogP) is 0.879. The fourth-order valence-corrected chi connectivity index (χ4v) is 3.48. The minimum absolute atomic E-state index is 0.185. The second-order valence-electron chi connectivity index (χ2n) is 7.83. The Bertz CT molecular complexity index is 1030. The van der Waals surface area contributed by atoms with Crippen LogP contribution in [0.1, 0.15) is 16.7 Å². The monoisotopic (exact) mass is 446 g/mol. The van der Waals surface area contributed by atoms with E-state index in [1.54, 1.807) is 24.3 Å². The maximum absolute atomic E-state index is 13.1. The lowest BCUT2D eigenvalue weighted by Gasteiger charge is -2.22. The van der Waals surface area contributed by atoms with E-state index in [1.165, 1.54) is 0 Å². The number of aliphatic carboxylic acids is 1. The van der Waals surface area contributed by atoms with Crippen molar-refractivity contribution in [3.8, 4) is 0 Å². The summed E-state index contributed by atoms with van der Waals surface area (Å²) in [6, 6.07) is 23.7. The summed E-state index contributed by atoms with van der Waals surface area (Å²) in [5.41, 5.74) is 3.00. The van der Waals surface area contributed by atoms with Gasteiger partial charge in [-0.05, 0) is 28.6 Å². The minimum atomic E-state index is -1.54. The molecule has 0 radical (unpaired) electrons. The van der Waals surface area contributed by atoms with Crippen molar-refractivity contribution in [2.24, 2.45) is 0 Å². The molecule has 0 bridgehead atoms. The highest BCUT2D eigenvalue weighted by Crippen LogP contribution is 2.08. The summed E-state index contributed by atoms with van der Waals surface area (Å²) < 4.78 is 0. The lowest BCUT2D eigenvalue weighted by Crippen LogP contribution is -2.51. The first-order chi connectivity index (χ1) is 15.9. The normalized spacial score (nSPS) is 12.5. The number of carbonyl (C=O) groups is 2. The topological polar surface area (TPSA) is 119 Å². The summed E-state index contributed by atoms with van der Waals surface area (Å²) in [6.07, 6.45) is 0.572. The number of hydrogen-bond donors (Lipinski definition) is 5. The van der Waals surface area contributed by atoms with Crippen molar-refractivity contribution in [3.05, 3.63) is 102 Å². The number of nitrogens with one attached hydrogen (secondary N) is 2. The van der Waals surface area contributed by atoms with Crippen molar-refractivity contribution in [3.63, 3.8) is 0 Å².